The van der Waals surface area contributed by atoms with Gasteiger partial charge in [0.25, 0.3) is 5.91 Å². The predicted molar refractivity (Wildman–Crippen MR) is 156 cm³/mol. The number of rotatable bonds is 6. The largest absolute Gasteiger partial charge is 0.320 e. The van der Waals surface area contributed by atoms with Crippen molar-refractivity contribution in [2.24, 2.45) is 0 Å². The van der Waals surface area contributed by atoms with Crippen molar-refractivity contribution in [1.29, 1.82) is 0 Å². The predicted octanol–water partition coefficient (Wildman–Crippen LogP) is 7.78. The van der Waals surface area contributed by atoms with Crippen LogP contribution in [0, 0.1) is 5.82 Å². The zero-order valence-corrected chi connectivity index (χ0v) is 22.7. The van der Waals surface area contributed by atoms with E-state index in [0.29, 0.717) is 27.9 Å². The third-order valence-corrected chi connectivity index (χ3v) is 8.38. The van der Waals surface area contributed by atoms with E-state index in [1.54, 1.807) is 30.3 Å². The lowest BCUT2D eigenvalue weighted by Crippen LogP contribution is -2.32. The zero-order chi connectivity index (χ0) is 26.8. The van der Waals surface area contributed by atoms with E-state index in [1.165, 1.54) is 23.5 Å². The minimum atomic E-state index is -0.378. The molecule has 3 heterocycles. The Kier molecular flexibility index (Phi) is 7.37. The van der Waals surface area contributed by atoms with E-state index in [9.17, 15) is 9.18 Å². The van der Waals surface area contributed by atoms with Crippen LogP contribution in [-0.2, 0) is 6.54 Å². The van der Waals surface area contributed by atoms with E-state index in [2.05, 4.69) is 39.5 Å². The smallest absolute Gasteiger partial charge is 0.275 e. The number of amides is 1. The Morgan fingerprint density at radius 3 is 2.62 bits per heavy atom. The number of para-hydroxylation sites is 1. The van der Waals surface area contributed by atoms with Crippen molar-refractivity contribution < 1.29 is 9.18 Å². The number of carbonyl (C=O) groups excluding carboxylic acids is 1. The molecule has 1 amide bonds. The van der Waals surface area contributed by atoms with Crippen LogP contribution in [0.3, 0.4) is 0 Å². The van der Waals surface area contributed by atoms with E-state index in [1.807, 2.05) is 17.5 Å². The van der Waals surface area contributed by atoms with Crippen LogP contribution in [-0.4, -0.2) is 33.9 Å². The molecular weight excluding hydrogens is 531 g/mol. The Hall–Kier alpha value is -3.65. The number of pyridine rings is 1. The number of hydrogen-bond acceptors (Lipinski definition) is 5. The highest BCUT2D eigenvalue weighted by atomic mass is 35.5. The van der Waals surface area contributed by atoms with Gasteiger partial charge in [0.05, 0.1) is 16.2 Å². The van der Waals surface area contributed by atoms with Crippen molar-refractivity contribution in [2.75, 3.05) is 18.4 Å². The van der Waals surface area contributed by atoms with E-state index in [-0.39, 0.29) is 11.7 Å². The molecule has 3 aromatic carbocycles. The zero-order valence-electron chi connectivity index (χ0n) is 21.1. The molecule has 0 unspecified atom stereocenters. The first-order chi connectivity index (χ1) is 19.0. The Balaban J connectivity index is 1.09. The van der Waals surface area contributed by atoms with E-state index in [0.717, 1.165) is 59.6 Å². The molecule has 6 rings (SSSR count). The molecule has 0 saturated carbocycles. The summed E-state index contributed by atoms with van der Waals surface area (Å²) in [6.45, 7) is 2.75. The van der Waals surface area contributed by atoms with Gasteiger partial charge >= 0.3 is 0 Å². The number of aromatic nitrogens is 2. The number of piperidine rings is 1. The molecule has 0 spiro atoms. The summed E-state index contributed by atoms with van der Waals surface area (Å²) in [5, 5.41) is 7.46. The van der Waals surface area contributed by atoms with Crippen LogP contribution in [0.1, 0.15) is 39.9 Å². The molecule has 39 heavy (non-hydrogen) atoms. The number of anilines is 1. The molecule has 0 aliphatic carbocycles. The van der Waals surface area contributed by atoms with Crippen molar-refractivity contribution in [3.63, 3.8) is 0 Å². The maximum absolute atomic E-state index is 14.0. The Morgan fingerprint density at radius 2 is 1.79 bits per heavy atom. The number of benzene rings is 3. The monoisotopic (exact) mass is 556 g/mol. The normalized spacial score (nSPS) is 14.5. The van der Waals surface area contributed by atoms with Crippen molar-refractivity contribution in [2.45, 2.75) is 25.3 Å². The van der Waals surface area contributed by atoms with Gasteiger partial charge in [-0.2, -0.15) is 0 Å². The molecule has 196 valence electrons. The molecule has 1 saturated heterocycles. The quantitative estimate of drug-likeness (QED) is 0.232. The number of hydrogen-bond donors (Lipinski definition) is 1. The second-order valence-corrected chi connectivity index (χ2v) is 11.1. The van der Waals surface area contributed by atoms with Crippen LogP contribution in [0.25, 0.3) is 22.0 Å². The Bertz CT molecular complexity index is 1630. The highest BCUT2D eigenvalue weighted by molar-refractivity contribution is 7.10. The van der Waals surface area contributed by atoms with Gasteiger partial charge in [-0.05, 0) is 74.0 Å². The Labute approximate surface area is 235 Å². The van der Waals surface area contributed by atoms with Crippen LogP contribution in [0.15, 0.2) is 84.2 Å². The summed E-state index contributed by atoms with van der Waals surface area (Å²) in [5.41, 5.74) is 4.36. The fraction of sp³-hybridized carbons (Fsp3) is 0.194. The highest BCUT2D eigenvalue weighted by Crippen LogP contribution is 2.33. The third-order valence-electron chi connectivity index (χ3n) is 7.12. The topological polar surface area (TPSA) is 58.1 Å². The van der Waals surface area contributed by atoms with Crippen LogP contribution < -0.4 is 5.32 Å². The van der Waals surface area contributed by atoms with Crippen molar-refractivity contribution >= 4 is 45.4 Å². The molecule has 0 bridgehead atoms. The molecule has 1 N–H and O–H groups in total. The number of thiazole rings is 1. The van der Waals surface area contributed by atoms with Crippen LogP contribution in [0.4, 0.5) is 10.1 Å². The molecule has 5 aromatic rings. The van der Waals surface area contributed by atoms with Gasteiger partial charge in [-0.3, -0.25) is 14.7 Å². The number of carbonyl (C=O) groups is 1. The Morgan fingerprint density at radius 1 is 1.00 bits per heavy atom. The van der Waals surface area contributed by atoms with Crippen LogP contribution in [0.5, 0.6) is 0 Å². The van der Waals surface area contributed by atoms with Crippen LogP contribution >= 0.6 is 22.9 Å². The van der Waals surface area contributed by atoms with Crippen molar-refractivity contribution in [3.05, 3.63) is 111 Å². The van der Waals surface area contributed by atoms with Gasteiger partial charge in [-0.15, -0.1) is 11.3 Å². The lowest BCUT2D eigenvalue weighted by atomic mass is 9.97. The lowest BCUT2D eigenvalue weighted by molar-refractivity contribution is 0.102. The van der Waals surface area contributed by atoms with Gasteiger partial charge in [0.1, 0.15) is 11.5 Å². The summed E-state index contributed by atoms with van der Waals surface area (Å²) in [4.78, 5) is 25.0. The first kappa shape index (κ1) is 25.6. The van der Waals surface area contributed by atoms with Gasteiger partial charge in [0.15, 0.2) is 0 Å². The average molecular weight is 557 g/mol. The van der Waals surface area contributed by atoms with E-state index >= 15 is 0 Å². The van der Waals surface area contributed by atoms with Gasteiger partial charge in [-0.25, -0.2) is 9.37 Å². The third kappa shape index (κ3) is 5.86. The van der Waals surface area contributed by atoms with Gasteiger partial charge in [-0.1, -0.05) is 48.0 Å². The molecule has 8 heteroatoms. The highest BCUT2D eigenvalue weighted by Gasteiger charge is 2.24. The van der Waals surface area contributed by atoms with Gasteiger partial charge in [0, 0.05) is 39.5 Å². The first-order valence-electron chi connectivity index (χ1n) is 12.9. The lowest BCUT2D eigenvalue weighted by Gasteiger charge is -2.30. The average Bonchev–Trinajstić information content (AvgIpc) is 3.46. The second kappa shape index (κ2) is 11.2. The standard InChI is InChI=1S/C31H26ClFN4OS/c32-23-8-5-20(6-9-23)26-17-24(33)10-12-28(26)35-30(38)29-19-39-31(36-29)22-13-15-37(16-14-22)18-25-11-7-21-3-1-2-4-27(21)34-25/h1-12,17,19,22H,13-16,18H2,(H,35,38). The van der Waals surface area contributed by atoms with Crippen molar-refractivity contribution in [3.8, 4) is 11.1 Å². The number of halogens is 2. The summed E-state index contributed by atoms with van der Waals surface area (Å²) in [6.07, 6.45) is 1.97. The summed E-state index contributed by atoms with van der Waals surface area (Å²) in [6, 6.07) is 23.8. The summed E-state index contributed by atoms with van der Waals surface area (Å²) in [5.74, 6) is -0.358. The van der Waals surface area contributed by atoms with Gasteiger partial charge < -0.3 is 5.32 Å². The minimum Gasteiger partial charge on any atom is -0.320 e. The van der Waals surface area contributed by atoms with Crippen LogP contribution in [0.2, 0.25) is 5.02 Å². The van der Waals surface area contributed by atoms with Crippen molar-refractivity contribution in [1.82, 2.24) is 14.9 Å². The fourth-order valence-corrected chi connectivity index (χ4v) is 6.12. The molecule has 1 fully saturated rings. The minimum absolute atomic E-state index is 0.306. The number of nitrogens with zero attached hydrogens (tertiary/aromatic N) is 3. The fourth-order valence-electron chi connectivity index (χ4n) is 5.02. The molecule has 1 aliphatic rings. The summed E-state index contributed by atoms with van der Waals surface area (Å²) < 4.78 is 14.0. The molecule has 0 radical (unpaired) electrons. The van der Waals surface area contributed by atoms with E-state index < -0.39 is 0 Å². The molecule has 0 atom stereocenters. The second-order valence-electron chi connectivity index (χ2n) is 9.77. The van der Waals surface area contributed by atoms with E-state index in [4.69, 9.17) is 16.6 Å². The SMILES string of the molecule is O=C(Nc1ccc(F)cc1-c1ccc(Cl)cc1)c1csc(C2CCN(Cc3ccc4ccccc4n3)CC2)n1. The maximum atomic E-state index is 14.0. The molecule has 1 aliphatic heterocycles. The molecular formula is C31H26ClFN4OS. The first-order valence-corrected chi connectivity index (χ1v) is 14.2. The number of fused-ring (bicyclic) bond motifs is 1. The number of nitrogens with one attached hydrogen (secondary N) is 1. The summed E-state index contributed by atoms with van der Waals surface area (Å²) >= 11 is 7.54. The van der Waals surface area contributed by atoms with Gasteiger partial charge in [0.2, 0.25) is 0 Å². The number of likely N-dealkylation sites (tertiary alicyclic amines) is 1. The summed E-state index contributed by atoms with van der Waals surface area (Å²) in [7, 11) is 0. The molecule has 5 nitrogen and oxygen atoms in total. The molecule has 2 aromatic heterocycles. The maximum Gasteiger partial charge on any atom is 0.275 e.